The molecule has 2 aliphatic rings. The number of carbonyl (C=O) groups excluding carboxylic acids is 3. The van der Waals surface area contributed by atoms with Gasteiger partial charge in [-0.15, -0.1) is 0 Å². The lowest BCUT2D eigenvalue weighted by Gasteiger charge is -2.16. The van der Waals surface area contributed by atoms with E-state index in [0.29, 0.717) is 18.9 Å². The molecule has 2 atom stereocenters. The Labute approximate surface area is 151 Å². The second-order valence-corrected chi connectivity index (χ2v) is 6.57. The Morgan fingerprint density at radius 2 is 1.73 bits per heavy atom. The molecule has 0 spiro atoms. The molecule has 0 bridgehead atoms. The summed E-state index contributed by atoms with van der Waals surface area (Å²) in [4.78, 5) is 37.6. The van der Waals surface area contributed by atoms with Crippen molar-refractivity contribution < 1.29 is 27.6 Å². The van der Waals surface area contributed by atoms with Crippen LogP contribution in [0.2, 0.25) is 5.02 Å². The molecule has 1 saturated heterocycles. The van der Waals surface area contributed by atoms with E-state index in [2.05, 4.69) is 5.32 Å². The number of amides is 3. The molecule has 1 N–H and O–H groups in total. The highest BCUT2D eigenvalue weighted by Gasteiger charge is 2.47. The molecule has 1 aromatic carbocycles. The van der Waals surface area contributed by atoms with Gasteiger partial charge in [-0.3, -0.25) is 19.3 Å². The van der Waals surface area contributed by atoms with Crippen molar-refractivity contribution in [2.45, 2.75) is 19.0 Å². The number of rotatable bonds is 3. The van der Waals surface area contributed by atoms with Crippen molar-refractivity contribution in [1.82, 2.24) is 4.90 Å². The van der Waals surface area contributed by atoms with Crippen molar-refractivity contribution in [3.63, 3.8) is 0 Å². The molecule has 1 aliphatic carbocycles. The summed E-state index contributed by atoms with van der Waals surface area (Å²) in [5, 5.41) is 2.16. The van der Waals surface area contributed by atoms with Crippen LogP contribution >= 0.6 is 11.6 Å². The Hall–Kier alpha value is -2.35. The summed E-state index contributed by atoms with van der Waals surface area (Å²) in [5.74, 6) is -2.61. The molecule has 1 fully saturated rings. The zero-order valence-corrected chi connectivity index (χ0v) is 14.1. The number of halogens is 4. The summed E-state index contributed by atoms with van der Waals surface area (Å²) in [6.45, 7) is -0.558. The van der Waals surface area contributed by atoms with Gasteiger partial charge in [0.1, 0.15) is 6.54 Å². The van der Waals surface area contributed by atoms with Crippen LogP contribution in [-0.2, 0) is 20.6 Å². The topological polar surface area (TPSA) is 66.5 Å². The molecule has 1 aromatic rings. The molecule has 0 saturated carbocycles. The minimum Gasteiger partial charge on any atom is -0.323 e. The van der Waals surface area contributed by atoms with E-state index in [0.717, 1.165) is 17.0 Å². The average molecular weight is 387 g/mol. The Morgan fingerprint density at radius 1 is 1.15 bits per heavy atom. The van der Waals surface area contributed by atoms with E-state index >= 15 is 0 Å². The van der Waals surface area contributed by atoms with E-state index in [1.54, 1.807) is 0 Å². The fourth-order valence-corrected chi connectivity index (χ4v) is 3.32. The number of benzene rings is 1. The summed E-state index contributed by atoms with van der Waals surface area (Å²) in [6, 6.07) is 2.52. The predicted molar refractivity (Wildman–Crippen MR) is 87.2 cm³/mol. The van der Waals surface area contributed by atoms with E-state index in [9.17, 15) is 27.6 Å². The van der Waals surface area contributed by atoms with E-state index in [4.69, 9.17) is 11.6 Å². The van der Waals surface area contributed by atoms with Gasteiger partial charge in [0.15, 0.2) is 0 Å². The Kier molecular flexibility index (Phi) is 4.79. The standard InChI is InChI=1S/C17H14ClF3N2O3/c18-12-6-5-9(17(19,20)21)7-13(12)22-14(24)8-23-15(25)10-3-1-2-4-11(10)16(23)26/h1-2,5-7,10-11H,3-4,8H2,(H,22,24)/t10-,11-/m1/s1. The number of hydrogen-bond acceptors (Lipinski definition) is 3. The van der Waals surface area contributed by atoms with Gasteiger partial charge in [0, 0.05) is 0 Å². The normalized spacial score (nSPS) is 22.5. The smallest absolute Gasteiger partial charge is 0.323 e. The molecule has 26 heavy (non-hydrogen) atoms. The van der Waals surface area contributed by atoms with Gasteiger partial charge >= 0.3 is 6.18 Å². The van der Waals surface area contributed by atoms with Crippen LogP contribution in [0.5, 0.6) is 0 Å². The Bertz CT molecular complexity index is 781. The van der Waals surface area contributed by atoms with Gasteiger partial charge in [0.05, 0.1) is 28.1 Å². The highest BCUT2D eigenvalue weighted by molar-refractivity contribution is 6.33. The maximum absolute atomic E-state index is 12.8. The lowest BCUT2D eigenvalue weighted by atomic mass is 9.85. The first-order valence-electron chi connectivity index (χ1n) is 7.85. The molecular weight excluding hydrogens is 373 g/mol. The molecule has 0 aromatic heterocycles. The number of nitrogens with zero attached hydrogens (tertiary/aromatic N) is 1. The van der Waals surface area contributed by atoms with E-state index in [-0.39, 0.29) is 10.7 Å². The van der Waals surface area contributed by atoms with Crippen LogP contribution in [0.3, 0.4) is 0 Å². The zero-order valence-electron chi connectivity index (χ0n) is 13.3. The van der Waals surface area contributed by atoms with Crippen molar-refractivity contribution in [2.75, 3.05) is 11.9 Å². The number of imide groups is 1. The highest BCUT2D eigenvalue weighted by atomic mass is 35.5. The fourth-order valence-electron chi connectivity index (χ4n) is 3.16. The number of carbonyl (C=O) groups is 3. The van der Waals surface area contributed by atoms with Crippen LogP contribution in [0.1, 0.15) is 18.4 Å². The minimum absolute atomic E-state index is 0.0803. The van der Waals surface area contributed by atoms with E-state index < -0.39 is 47.8 Å². The van der Waals surface area contributed by atoms with Gasteiger partial charge in [-0.2, -0.15) is 13.2 Å². The van der Waals surface area contributed by atoms with Crippen LogP contribution in [0.25, 0.3) is 0 Å². The van der Waals surface area contributed by atoms with Crippen molar-refractivity contribution in [3.8, 4) is 0 Å². The highest BCUT2D eigenvalue weighted by Crippen LogP contribution is 2.36. The minimum atomic E-state index is -4.59. The average Bonchev–Trinajstić information content (AvgIpc) is 2.81. The van der Waals surface area contributed by atoms with Gasteiger partial charge in [0.25, 0.3) is 0 Å². The Balaban J connectivity index is 1.72. The van der Waals surface area contributed by atoms with Gasteiger partial charge in [0.2, 0.25) is 17.7 Å². The number of anilines is 1. The van der Waals surface area contributed by atoms with Crippen LogP contribution < -0.4 is 5.32 Å². The van der Waals surface area contributed by atoms with Crippen molar-refractivity contribution >= 4 is 35.0 Å². The summed E-state index contributed by atoms with van der Waals surface area (Å²) in [5.41, 5.74) is -1.20. The maximum atomic E-state index is 12.8. The van der Waals surface area contributed by atoms with Crippen molar-refractivity contribution in [2.24, 2.45) is 11.8 Å². The molecule has 5 nitrogen and oxygen atoms in total. The number of hydrogen-bond donors (Lipinski definition) is 1. The van der Waals surface area contributed by atoms with Crippen LogP contribution in [-0.4, -0.2) is 29.2 Å². The lowest BCUT2D eigenvalue weighted by molar-refractivity contribution is -0.142. The molecule has 0 unspecified atom stereocenters. The molecule has 3 rings (SSSR count). The maximum Gasteiger partial charge on any atom is 0.416 e. The Morgan fingerprint density at radius 3 is 2.27 bits per heavy atom. The van der Waals surface area contributed by atoms with Crippen LogP contribution in [0.4, 0.5) is 18.9 Å². The molecule has 9 heteroatoms. The summed E-state index contributed by atoms with van der Waals surface area (Å²) in [7, 11) is 0. The quantitative estimate of drug-likeness (QED) is 0.640. The molecular formula is C17H14ClF3N2O3. The number of likely N-dealkylation sites (tertiary alicyclic amines) is 1. The lowest BCUT2D eigenvalue weighted by Crippen LogP contribution is -2.38. The second kappa shape index (κ2) is 6.75. The second-order valence-electron chi connectivity index (χ2n) is 6.16. The summed E-state index contributed by atoms with van der Waals surface area (Å²) >= 11 is 5.83. The van der Waals surface area contributed by atoms with E-state index in [1.807, 2.05) is 12.2 Å². The third kappa shape index (κ3) is 3.46. The first-order chi connectivity index (χ1) is 12.2. The van der Waals surface area contributed by atoms with Crippen LogP contribution in [0, 0.1) is 11.8 Å². The van der Waals surface area contributed by atoms with E-state index in [1.165, 1.54) is 0 Å². The van der Waals surface area contributed by atoms with Crippen molar-refractivity contribution in [1.29, 1.82) is 0 Å². The number of allylic oxidation sites excluding steroid dienone is 2. The first kappa shape index (κ1) is 18.4. The third-order valence-corrected chi connectivity index (χ3v) is 4.80. The number of alkyl halides is 3. The fraction of sp³-hybridized carbons (Fsp3) is 0.353. The monoisotopic (exact) mass is 386 g/mol. The molecule has 0 radical (unpaired) electrons. The van der Waals surface area contributed by atoms with Gasteiger partial charge in [-0.25, -0.2) is 0 Å². The number of nitrogens with one attached hydrogen (secondary N) is 1. The van der Waals surface area contributed by atoms with Gasteiger partial charge in [-0.1, -0.05) is 23.8 Å². The molecule has 138 valence electrons. The summed E-state index contributed by atoms with van der Waals surface area (Å²) in [6.07, 6.45) is -0.0794. The largest absolute Gasteiger partial charge is 0.416 e. The molecule has 3 amide bonds. The van der Waals surface area contributed by atoms with Gasteiger partial charge < -0.3 is 5.32 Å². The predicted octanol–water partition coefficient (Wildman–Crippen LogP) is 3.25. The van der Waals surface area contributed by atoms with Crippen molar-refractivity contribution in [3.05, 3.63) is 40.9 Å². The number of fused-ring (bicyclic) bond motifs is 1. The SMILES string of the molecule is O=C(CN1C(=O)[C@@H]2CC=CC[C@H]2C1=O)Nc1cc(C(F)(F)F)ccc1Cl. The summed E-state index contributed by atoms with van der Waals surface area (Å²) < 4.78 is 38.3. The third-order valence-electron chi connectivity index (χ3n) is 4.47. The molecule has 1 aliphatic heterocycles. The van der Waals surface area contributed by atoms with Gasteiger partial charge in [-0.05, 0) is 31.0 Å². The first-order valence-corrected chi connectivity index (χ1v) is 8.23. The van der Waals surface area contributed by atoms with Crippen LogP contribution in [0.15, 0.2) is 30.4 Å². The zero-order chi connectivity index (χ0) is 19.1. The molecule has 1 heterocycles.